The van der Waals surface area contributed by atoms with Gasteiger partial charge in [-0.25, -0.2) is 4.79 Å². The molecule has 0 aromatic carbocycles. The van der Waals surface area contributed by atoms with E-state index in [1.54, 1.807) is 6.26 Å². The van der Waals surface area contributed by atoms with Gasteiger partial charge in [-0.3, -0.25) is 14.9 Å². The highest BCUT2D eigenvalue weighted by Crippen LogP contribution is 2.93. The van der Waals surface area contributed by atoms with Crippen molar-refractivity contribution in [3.05, 3.63) is 47.6 Å². The zero-order valence-corrected chi connectivity index (χ0v) is 43.0. The number of aliphatic hydroxyl groups is 3. The smallest absolute Gasteiger partial charge is 0.339 e. The molecule has 0 radical (unpaired) electrons. The van der Waals surface area contributed by atoms with E-state index in [1.165, 1.54) is 37.7 Å². The second-order valence-electron chi connectivity index (χ2n) is 28.7. The highest BCUT2D eigenvalue weighted by molar-refractivity contribution is 5.94. The van der Waals surface area contributed by atoms with Crippen LogP contribution in [-0.2, 0) is 39.8 Å². The van der Waals surface area contributed by atoms with Crippen LogP contribution < -0.4 is 5.32 Å². The predicted octanol–water partition coefficient (Wildman–Crippen LogP) is 6.72. The number of Topliss-reactive ketones (excluding diaryl/α,β-unsaturated/α-hetero) is 1. The first-order valence-corrected chi connectivity index (χ1v) is 29.3. The molecule has 1 aromatic rings. The van der Waals surface area contributed by atoms with Crippen LogP contribution in [0.25, 0.3) is 0 Å². The minimum absolute atomic E-state index is 0.0587. The zero-order chi connectivity index (χ0) is 49.4. The van der Waals surface area contributed by atoms with Crippen molar-refractivity contribution in [1.82, 2.24) is 10.2 Å². The van der Waals surface area contributed by atoms with Gasteiger partial charge in [0.2, 0.25) is 0 Å². The van der Waals surface area contributed by atoms with Crippen molar-refractivity contribution in [2.45, 2.75) is 177 Å². The number of ketones is 1. The standard InChI is InChI=1S/C60H76N2O11/c1-52-25-37-38-8-9-42-55(14-4-5-15-55)18-19-56(42)17-11-32-23-33-10-16-53(2)45-43(65)47(66)54(3,44(37)57(45)28-70-50(67)46(58(32,38)56)59(33,57)73-53)60(52)49(72-60)51(68)71-48(52)35-13-21-69-41(35)24-36(40(64)27-63)30-6-7-34-31(22-30)12-20-62-29-61-26-39(34)62/h10,12-13,20-21,30-32,34,36-40,42,44-49,61,63-64,66H,4-9,11,14-19,22-29H2,1-3H3. The fourth-order valence-corrected chi connectivity index (χ4v) is 25.9. The number of carbonyl (C=O) groups is 3. The Labute approximate surface area is 428 Å². The number of carbonyl (C=O) groups excluding carboxylic acids is 3. The van der Waals surface area contributed by atoms with Crippen LogP contribution in [0, 0.1) is 97.6 Å². The van der Waals surface area contributed by atoms with E-state index < -0.39 is 80.7 Å². The summed E-state index contributed by atoms with van der Waals surface area (Å²) >= 11 is 0. The summed E-state index contributed by atoms with van der Waals surface area (Å²) in [4.78, 5) is 49.4. The summed E-state index contributed by atoms with van der Waals surface area (Å²) in [5.74, 6) is -0.371. The number of ether oxygens (including phenoxy) is 4. The van der Waals surface area contributed by atoms with E-state index >= 15 is 9.59 Å². The Morgan fingerprint density at radius 3 is 2.63 bits per heavy atom. The fraction of sp³-hybridized carbons (Fsp3) is 0.817. The molecule has 392 valence electrons. The molecule has 9 aliphatic carbocycles. The zero-order valence-electron chi connectivity index (χ0n) is 43.0. The van der Waals surface area contributed by atoms with Gasteiger partial charge in [0.15, 0.2) is 11.9 Å². The Kier molecular flexibility index (Phi) is 8.49. The Hall–Kier alpha value is -3.07. The van der Waals surface area contributed by atoms with E-state index in [0.29, 0.717) is 54.2 Å². The van der Waals surface area contributed by atoms with Crippen LogP contribution in [0.2, 0.25) is 0 Å². The number of furan rings is 1. The maximum atomic E-state index is 16.1. The van der Waals surface area contributed by atoms with Crippen molar-refractivity contribution >= 4 is 17.7 Å². The Balaban J connectivity index is 0.841. The summed E-state index contributed by atoms with van der Waals surface area (Å²) in [6.07, 6.45) is 21.4. The number of nitrogens with one attached hydrogen (secondary N) is 1. The molecule has 9 saturated carbocycles. The summed E-state index contributed by atoms with van der Waals surface area (Å²) in [6.45, 7) is 7.98. The van der Waals surface area contributed by atoms with E-state index in [1.807, 2.05) is 6.07 Å². The van der Waals surface area contributed by atoms with Crippen molar-refractivity contribution in [3.63, 3.8) is 0 Å². The van der Waals surface area contributed by atoms with Gasteiger partial charge in [0.25, 0.3) is 0 Å². The average molecular weight is 1000 g/mol. The van der Waals surface area contributed by atoms with Crippen LogP contribution in [0.3, 0.4) is 0 Å². The topological polar surface area (TPSA) is 181 Å². The molecule has 16 aliphatic rings. The van der Waals surface area contributed by atoms with E-state index in [2.05, 4.69) is 49.3 Å². The molecule has 13 nitrogen and oxygen atoms in total. The molecule has 5 saturated heterocycles. The molecular formula is C60H76N2O11. The summed E-state index contributed by atoms with van der Waals surface area (Å²) in [5, 5.41) is 39.6. The lowest BCUT2D eigenvalue weighted by molar-refractivity contribution is -0.282. The number of rotatable bonds is 6. The monoisotopic (exact) mass is 1000 g/mol. The Morgan fingerprint density at radius 1 is 0.945 bits per heavy atom. The maximum Gasteiger partial charge on any atom is 0.339 e. The van der Waals surface area contributed by atoms with Gasteiger partial charge in [-0.1, -0.05) is 38.8 Å². The molecule has 13 heteroatoms. The summed E-state index contributed by atoms with van der Waals surface area (Å²) in [5.41, 5.74) is -4.83. The lowest BCUT2D eigenvalue weighted by Crippen LogP contribution is -2.80. The largest absolute Gasteiger partial charge is 0.469 e. The third-order valence-corrected chi connectivity index (χ3v) is 27.5. The molecular weight excluding hydrogens is 925 g/mol. The number of epoxide rings is 1. The molecule has 5 bridgehead atoms. The van der Waals surface area contributed by atoms with Crippen LogP contribution in [0.15, 0.2) is 40.7 Å². The van der Waals surface area contributed by atoms with Crippen LogP contribution in [0.5, 0.6) is 0 Å². The number of nitrogens with zero attached hydrogens (tertiary/aromatic N) is 1. The minimum Gasteiger partial charge on any atom is -0.469 e. The van der Waals surface area contributed by atoms with Gasteiger partial charge >= 0.3 is 11.9 Å². The summed E-state index contributed by atoms with van der Waals surface area (Å²) in [7, 11) is 0. The SMILES string of the molecule is CC12CC=C3CC4CCC56CCC7(CCCC7)C5CCC5C7CC8(C)C(c9ccoc9CC(C(O)CO)C9CCC%10C(C=CN%11CNCC%10%11)C9)OC(=O)C9OC98C8(C)C(O)C(=O)C1C1(COC(=O)C(C31O2)C456)C78. The number of hydrogen-bond acceptors (Lipinski definition) is 13. The molecule has 1 aromatic heterocycles. The molecule has 8 heterocycles. The van der Waals surface area contributed by atoms with Gasteiger partial charge in [-0.15, -0.1) is 0 Å². The molecule has 6 spiro atoms. The number of fused-ring (bicyclic) bond motifs is 7. The van der Waals surface area contributed by atoms with E-state index in [9.17, 15) is 20.1 Å². The van der Waals surface area contributed by atoms with Crippen molar-refractivity contribution in [3.8, 4) is 0 Å². The summed E-state index contributed by atoms with van der Waals surface area (Å²) in [6, 6.07) is 2.42. The molecule has 24 unspecified atom stereocenters. The predicted molar refractivity (Wildman–Crippen MR) is 260 cm³/mol. The molecule has 0 amide bonds. The van der Waals surface area contributed by atoms with E-state index in [-0.39, 0.29) is 65.9 Å². The lowest BCUT2D eigenvalue weighted by Gasteiger charge is -2.70. The van der Waals surface area contributed by atoms with Gasteiger partial charge in [0.1, 0.15) is 35.8 Å². The highest BCUT2D eigenvalue weighted by Gasteiger charge is 2.99. The number of hydrogen-bond donors (Lipinski definition) is 4. The first kappa shape index (κ1) is 45.0. The van der Waals surface area contributed by atoms with Crippen molar-refractivity contribution in [2.24, 2.45) is 97.6 Å². The fourth-order valence-electron chi connectivity index (χ4n) is 25.9. The Morgan fingerprint density at radius 2 is 1.79 bits per heavy atom. The van der Waals surface area contributed by atoms with Crippen LogP contribution in [0.1, 0.15) is 141 Å². The lowest BCUT2D eigenvalue weighted by atomic mass is 9.32. The molecule has 17 rings (SSSR count). The van der Waals surface area contributed by atoms with Gasteiger partial charge in [0, 0.05) is 35.4 Å². The van der Waals surface area contributed by atoms with E-state index in [0.717, 1.165) is 76.6 Å². The molecule has 24 atom stereocenters. The van der Waals surface area contributed by atoms with Crippen molar-refractivity contribution in [2.75, 3.05) is 26.4 Å². The number of esters is 2. The normalized spacial score (nSPS) is 56.8. The van der Waals surface area contributed by atoms with Crippen molar-refractivity contribution in [1.29, 1.82) is 0 Å². The average Bonchev–Trinajstić information content (AvgIpc) is 4.15. The highest BCUT2D eigenvalue weighted by atomic mass is 16.7. The van der Waals surface area contributed by atoms with Gasteiger partial charge in [0.05, 0.1) is 48.5 Å². The minimum atomic E-state index is -1.47. The summed E-state index contributed by atoms with van der Waals surface area (Å²) < 4.78 is 35.5. The van der Waals surface area contributed by atoms with Gasteiger partial charge in [-0.05, 0) is 184 Å². The number of cyclic esters (lactones) is 2. The molecule has 7 aliphatic heterocycles. The second-order valence-corrected chi connectivity index (χ2v) is 28.7. The van der Waals surface area contributed by atoms with Gasteiger partial charge in [-0.2, -0.15) is 0 Å². The first-order chi connectivity index (χ1) is 35.2. The molecule has 73 heavy (non-hydrogen) atoms. The maximum absolute atomic E-state index is 16.1. The van der Waals surface area contributed by atoms with Crippen LogP contribution in [-0.4, -0.2) is 106 Å². The first-order valence-electron chi connectivity index (χ1n) is 29.3. The quantitative estimate of drug-likeness (QED) is 0.134. The van der Waals surface area contributed by atoms with Crippen LogP contribution in [0.4, 0.5) is 0 Å². The number of allylic oxidation sites excluding steroid dienone is 1. The number of aliphatic hydroxyl groups excluding tert-OH is 3. The Bertz CT molecular complexity index is 2730. The van der Waals surface area contributed by atoms with Gasteiger partial charge < -0.3 is 43.6 Å². The van der Waals surface area contributed by atoms with E-state index in [4.69, 9.17) is 23.4 Å². The van der Waals surface area contributed by atoms with Crippen molar-refractivity contribution < 1.29 is 53.1 Å². The molecule has 4 N–H and O–H groups in total. The third kappa shape index (κ3) is 4.50. The third-order valence-electron chi connectivity index (χ3n) is 27.5. The van der Waals surface area contributed by atoms with Crippen LogP contribution >= 0.6 is 0 Å². The second kappa shape index (κ2) is 13.8. The molecule has 14 fully saturated rings.